The van der Waals surface area contributed by atoms with E-state index in [4.69, 9.17) is 4.74 Å². The Morgan fingerprint density at radius 2 is 1.86 bits per heavy atom. The van der Waals surface area contributed by atoms with E-state index in [0.29, 0.717) is 44.0 Å². The van der Waals surface area contributed by atoms with Crippen molar-refractivity contribution in [3.8, 4) is 0 Å². The third kappa shape index (κ3) is 4.55. The van der Waals surface area contributed by atoms with Gasteiger partial charge in [-0.25, -0.2) is 8.42 Å². The van der Waals surface area contributed by atoms with Gasteiger partial charge in [0.25, 0.3) is 0 Å². The molecule has 0 radical (unpaired) electrons. The zero-order chi connectivity index (χ0) is 20.3. The molecule has 2 aliphatic rings. The Labute approximate surface area is 176 Å². The number of rotatable bonds is 6. The Balaban J connectivity index is 1.36. The van der Waals surface area contributed by atoms with Crippen LogP contribution in [0, 0.1) is 0 Å². The highest BCUT2D eigenvalue weighted by molar-refractivity contribution is 7.89. The Morgan fingerprint density at radius 3 is 2.55 bits per heavy atom. The number of sulfonamides is 1. The number of ether oxygens (including phenoxy) is 1. The summed E-state index contributed by atoms with van der Waals surface area (Å²) in [7, 11) is -3.48. The number of amides is 1. The minimum atomic E-state index is -3.48. The average molecular weight is 435 g/mol. The van der Waals surface area contributed by atoms with E-state index >= 15 is 0 Å². The van der Waals surface area contributed by atoms with Gasteiger partial charge < -0.3 is 9.64 Å². The minimum Gasteiger partial charge on any atom is -0.379 e. The van der Waals surface area contributed by atoms with Gasteiger partial charge in [0.1, 0.15) is 0 Å². The number of likely N-dealkylation sites (tertiary alicyclic amines) is 1. The first-order valence-corrected chi connectivity index (χ1v) is 12.4. The molecule has 0 spiro atoms. The predicted octanol–water partition coefficient (Wildman–Crippen LogP) is 3.07. The van der Waals surface area contributed by atoms with Crippen molar-refractivity contribution in [3.05, 3.63) is 52.2 Å². The highest BCUT2D eigenvalue weighted by atomic mass is 32.2. The van der Waals surface area contributed by atoms with Crippen molar-refractivity contribution in [2.24, 2.45) is 0 Å². The number of hydrogen-bond donors (Lipinski definition) is 0. The van der Waals surface area contributed by atoms with E-state index in [1.165, 1.54) is 9.18 Å². The molecule has 1 aromatic carbocycles. The first-order chi connectivity index (χ1) is 14.1. The van der Waals surface area contributed by atoms with Gasteiger partial charge in [-0.05, 0) is 48.4 Å². The lowest BCUT2D eigenvalue weighted by Gasteiger charge is -2.26. The molecule has 6 nitrogen and oxygen atoms in total. The second kappa shape index (κ2) is 8.95. The summed E-state index contributed by atoms with van der Waals surface area (Å²) in [5, 5.41) is 2.06. The van der Waals surface area contributed by atoms with E-state index in [-0.39, 0.29) is 11.9 Å². The van der Waals surface area contributed by atoms with Crippen molar-refractivity contribution in [2.75, 3.05) is 32.8 Å². The summed E-state index contributed by atoms with van der Waals surface area (Å²) in [4.78, 5) is 16.3. The first-order valence-electron chi connectivity index (χ1n) is 10.1. The summed E-state index contributed by atoms with van der Waals surface area (Å²) in [6.45, 7) is 2.46. The van der Waals surface area contributed by atoms with Crippen molar-refractivity contribution in [1.82, 2.24) is 9.21 Å². The molecular formula is C21H26N2O4S2. The van der Waals surface area contributed by atoms with Gasteiger partial charge in [0.05, 0.1) is 24.2 Å². The molecule has 1 unspecified atom stereocenters. The lowest BCUT2D eigenvalue weighted by atomic mass is 10.1. The Hall–Kier alpha value is -1.74. The standard InChI is InChI=1S/C21H26N2O4S2/c24-21(23-11-1-3-19(23)20-4-2-16-28-20)10-7-17-5-8-18(9-6-17)29(25,26)22-12-14-27-15-13-22/h2,4-6,8-9,16,19H,1,3,7,10-15H2. The van der Waals surface area contributed by atoms with Crippen molar-refractivity contribution in [3.63, 3.8) is 0 Å². The fourth-order valence-electron chi connectivity index (χ4n) is 4.00. The fraction of sp³-hybridized carbons (Fsp3) is 0.476. The quantitative estimate of drug-likeness (QED) is 0.701. The molecule has 4 rings (SSSR count). The SMILES string of the molecule is O=C(CCc1ccc(S(=O)(=O)N2CCOCC2)cc1)N1CCCC1c1cccs1. The molecule has 2 aliphatic heterocycles. The molecular weight excluding hydrogens is 408 g/mol. The van der Waals surface area contributed by atoms with E-state index in [2.05, 4.69) is 11.4 Å². The van der Waals surface area contributed by atoms with Crippen LogP contribution in [-0.2, 0) is 26.0 Å². The van der Waals surface area contributed by atoms with E-state index in [9.17, 15) is 13.2 Å². The Kier molecular flexibility index (Phi) is 6.34. The molecule has 0 bridgehead atoms. The van der Waals surface area contributed by atoms with Crippen LogP contribution in [-0.4, -0.2) is 56.4 Å². The Morgan fingerprint density at radius 1 is 1.10 bits per heavy atom. The van der Waals surface area contributed by atoms with Gasteiger partial charge in [0.15, 0.2) is 0 Å². The smallest absolute Gasteiger partial charge is 0.243 e. The van der Waals surface area contributed by atoms with E-state index in [0.717, 1.165) is 24.9 Å². The summed E-state index contributed by atoms with van der Waals surface area (Å²) in [6.07, 6.45) is 3.13. The second-order valence-electron chi connectivity index (χ2n) is 7.42. The summed E-state index contributed by atoms with van der Waals surface area (Å²) in [6, 6.07) is 11.3. The number of nitrogens with zero attached hydrogens (tertiary/aromatic N) is 2. The maximum atomic E-state index is 12.8. The lowest BCUT2D eigenvalue weighted by molar-refractivity contribution is -0.132. The molecule has 1 atom stereocenters. The van der Waals surface area contributed by atoms with Gasteiger partial charge in [0, 0.05) is 30.9 Å². The number of aryl methyl sites for hydroxylation is 1. The van der Waals surface area contributed by atoms with Crippen LogP contribution in [0.4, 0.5) is 0 Å². The first kappa shape index (κ1) is 20.5. The maximum absolute atomic E-state index is 12.8. The molecule has 2 saturated heterocycles. The van der Waals surface area contributed by atoms with Gasteiger partial charge in [-0.15, -0.1) is 11.3 Å². The summed E-state index contributed by atoms with van der Waals surface area (Å²) >= 11 is 1.71. The number of thiophene rings is 1. The largest absolute Gasteiger partial charge is 0.379 e. The molecule has 29 heavy (non-hydrogen) atoms. The van der Waals surface area contributed by atoms with Crippen LogP contribution in [0.5, 0.6) is 0 Å². The maximum Gasteiger partial charge on any atom is 0.243 e. The monoisotopic (exact) mass is 434 g/mol. The third-order valence-corrected chi connectivity index (χ3v) is 8.49. The number of benzene rings is 1. The summed E-state index contributed by atoms with van der Waals surface area (Å²) in [5.74, 6) is 0.172. The predicted molar refractivity (Wildman–Crippen MR) is 112 cm³/mol. The molecule has 156 valence electrons. The van der Waals surface area contributed by atoms with Crippen LogP contribution >= 0.6 is 11.3 Å². The number of morpholine rings is 1. The minimum absolute atomic E-state index is 0.172. The zero-order valence-electron chi connectivity index (χ0n) is 16.3. The van der Waals surface area contributed by atoms with Gasteiger partial charge in [-0.2, -0.15) is 4.31 Å². The van der Waals surface area contributed by atoms with Crippen molar-refractivity contribution in [2.45, 2.75) is 36.6 Å². The topological polar surface area (TPSA) is 66.9 Å². The van der Waals surface area contributed by atoms with Gasteiger partial charge in [-0.1, -0.05) is 18.2 Å². The highest BCUT2D eigenvalue weighted by Gasteiger charge is 2.30. The van der Waals surface area contributed by atoms with Crippen LogP contribution in [0.1, 0.15) is 35.7 Å². The Bertz CT molecular complexity index is 920. The molecule has 0 saturated carbocycles. The summed E-state index contributed by atoms with van der Waals surface area (Å²) in [5.41, 5.74) is 0.978. The molecule has 2 aromatic rings. The number of hydrogen-bond acceptors (Lipinski definition) is 5. The van der Waals surface area contributed by atoms with Crippen LogP contribution in [0.15, 0.2) is 46.7 Å². The van der Waals surface area contributed by atoms with Crippen LogP contribution in [0.2, 0.25) is 0 Å². The molecule has 1 aromatic heterocycles. The molecule has 8 heteroatoms. The number of carbonyl (C=O) groups is 1. The normalized spacial score (nSPS) is 20.8. The fourth-order valence-corrected chi connectivity index (χ4v) is 6.28. The van der Waals surface area contributed by atoms with Crippen molar-refractivity contribution >= 4 is 27.3 Å². The average Bonchev–Trinajstić information content (AvgIpc) is 3.44. The summed E-state index contributed by atoms with van der Waals surface area (Å²) < 4.78 is 32.1. The van der Waals surface area contributed by atoms with Crippen molar-refractivity contribution < 1.29 is 17.9 Å². The van der Waals surface area contributed by atoms with Crippen LogP contribution in [0.25, 0.3) is 0 Å². The zero-order valence-corrected chi connectivity index (χ0v) is 18.0. The molecule has 2 fully saturated rings. The van der Waals surface area contributed by atoms with Crippen molar-refractivity contribution in [1.29, 1.82) is 0 Å². The molecule has 0 aliphatic carbocycles. The van der Waals surface area contributed by atoms with E-state index in [1.54, 1.807) is 23.5 Å². The highest BCUT2D eigenvalue weighted by Crippen LogP contribution is 2.35. The number of carbonyl (C=O) groups excluding carboxylic acids is 1. The third-order valence-electron chi connectivity index (χ3n) is 5.60. The van der Waals surface area contributed by atoms with E-state index < -0.39 is 10.0 Å². The van der Waals surface area contributed by atoms with Gasteiger partial charge >= 0.3 is 0 Å². The molecule has 0 N–H and O–H groups in total. The van der Waals surface area contributed by atoms with Gasteiger partial charge in [0.2, 0.25) is 15.9 Å². The molecule has 3 heterocycles. The lowest BCUT2D eigenvalue weighted by Crippen LogP contribution is -2.40. The van der Waals surface area contributed by atoms with Crippen LogP contribution < -0.4 is 0 Å². The molecule has 1 amide bonds. The van der Waals surface area contributed by atoms with Gasteiger partial charge in [-0.3, -0.25) is 4.79 Å². The van der Waals surface area contributed by atoms with Crippen LogP contribution in [0.3, 0.4) is 0 Å². The van der Waals surface area contributed by atoms with E-state index in [1.807, 2.05) is 23.1 Å². The second-order valence-corrected chi connectivity index (χ2v) is 10.3.